The van der Waals surface area contributed by atoms with Gasteiger partial charge in [0.2, 0.25) is 5.95 Å². The van der Waals surface area contributed by atoms with Crippen molar-refractivity contribution in [3.8, 4) is 0 Å². The van der Waals surface area contributed by atoms with E-state index in [4.69, 9.17) is 4.74 Å². The molecular weight excluding hydrogens is 242 g/mol. The summed E-state index contributed by atoms with van der Waals surface area (Å²) in [5, 5.41) is 0.899. The Kier molecular flexibility index (Phi) is 2.14. The summed E-state index contributed by atoms with van der Waals surface area (Å²) in [6, 6.07) is 5.46. The molecule has 96 valence electrons. The van der Waals surface area contributed by atoms with E-state index >= 15 is 0 Å². The molecule has 2 fully saturated rings. The Labute approximate surface area is 110 Å². The van der Waals surface area contributed by atoms with Crippen molar-refractivity contribution in [1.82, 2.24) is 9.97 Å². The van der Waals surface area contributed by atoms with Crippen molar-refractivity contribution in [2.45, 2.75) is 0 Å². The van der Waals surface area contributed by atoms with Gasteiger partial charge >= 0.3 is 0 Å². The number of hydrogen-bond donors (Lipinski definition) is 0. The van der Waals surface area contributed by atoms with E-state index in [2.05, 4.69) is 14.9 Å². The minimum Gasteiger partial charge on any atom is -0.380 e. The highest BCUT2D eigenvalue weighted by Gasteiger charge is 2.49. The molecule has 0 N–H and O–H groups in total. The van der Waals surface area contributed by atoms with E-state index in [0.29, 0.717) is 11.0 Å². The van der Waals surface area contributed by atoms with Crippen molar-refractivity contribution in [2.24, 2.45) is 5.41 Å². The summed E-state index contributed by atoms with van der Waals surface area (Å²) >= 11 is 0. The highest BCUT2D eigenvalue weighted by Crippen LogP contribution is 2.39. The molecule has 3 heterocycles. The number of aromatic nitrogens is 2. The molecule has 0 saturated carbocycles. The lowest BCUT2D eigenvalue weighted by molar-refractivity contribution is -0.127. The number of benzene rings is 1. The van der Waals surface area contributed by atoms with Crippen molar-refractivity contribution in [2.75, 3.05) is 31.2 Å². The lowest BCUT2D eigenvalue weighted by Gasteiger charge is -2.54. The summed E-state index contributed by atoms with van der Waals surface area (Å²) in [6.07, 6.45) is 2.62. The molecule has 1 aromatic heterocycles. The molecule has 2 saturated heterocycles. The van der Waals surface area contributed by atoms with Crippen LogP contribution in [0.25, 0.3) is 10.9 Å². The summed E-state index contributed by atoms with van der Waals surface area (Å²) in [6.45, 7) is 3.68. The van der Waals surface area contributed by atoms with Crippen LogP contribution in [0.15, 0.2) is 24.4 Å². The SMILES string of the molecule is O=Cc1ccc2nc(N3CC4(COC4)C3)ncc2c1. The number of anilines is 1. The van der Waals surface area contributed by atoms with Crippen LogP contribution in [0.1, 0.15) is 10.4 Å². The number of aldehydes is 1. The Bertz CT molecular complexity index is 659. The zero-order valence-electron chi connectivity index (χ0n) is 10.4. The topological polar surface area (TPSA) is 55.3 Å². The quantitative estimate of drug-likeness (QED) is 0.757. The van der Waals surface area contributed by atoms with Gasteiger partial charge in [-0.2, -0.15) is 0 Å². The fourth-order valence-electron chi connectivity index (χ4n) is 2.75. The smallest absolute Gasteiger partial charge is 0.225 e. The molecule has 0 aliphatic carbocycles. The monoisotopic (exact) mass is 255 g/mol. The van der Waals surface area contributed by atoms with E-state index in [9.17, 15) is 4.79 Å². The van der Waals surface area contributed by atoms with Gasteiger partial charge in [0, 0.05) is 30.2 Å². The Morgan fingerprint density at radius 2 is 2.16 bits per heavy atom. The maximum absolute atomic E-state index is 10.7. The third-order valence-electron chi connectivity index (χ3n) is 3.88. The van der Waals surface area contributed by atoms with Gasteiger partial charge in [-0.25, -0.2) is 9.97 Å². The Balaban J connectivity index is 1.63. The van der Waals surface area contributed by atoms with E-state index in [-0.39, 0.29) is 0 Å². The van der Waals surface area contributed by atoms with E-state index < -0.39 is 0 Å². The van der Waals surface area contributed by atoms with Crippen molar-refractivity contribution in [3.63, 3.8) is 0 Å². The van der Waals surface area contributed by atoms with Crippen molar-refractivity contribution >= 4 is 23.1 Å². The first kappa shape index (κ1) is 10.9. The molecule has 19 heavy (non-hydrogen) atoms. The van der Waals surface area contributed by atoms with Gasteiger partial charge < -0.3 is 9.64 Å². The normalized spacial score (nSPS) is 20.1. The number of nitrogens with zero attached hydrogens (tertiary/aromatic N) is 3. The Morgan fingerprint density at radius 3 is 2.84 bits per heavy atom. The molecule has 4 rings (SSSR count). The van der Waals surface area contributed by atoms with Crippen molar-refractivity contribution < 1.29 is 9.53 Å². The first-order valence-corrected chi connectivity index (χ1v) is 6.33. The first-order chi connectivity index (χ1) is 9.28. The van der Waals surface area contributed by atoms with Crippen LogP contribution in [0.3, 0.4) is 0 Å². The molecule has 0 amide bonds. The van der Waals surface area contributed by atoms with Crippen LogP contribution in [0.4, 0.5) is 5.95 Å². The summed E-state index contributed by atoms with van der Waals surface area (Å²) in [5.41, 5.74) is 1.89. The van der Waals surface area contributed by atoms with Gasteiger partial charge in [0.05, 0.1) is 24.1 Å². The molecule has 0 bridgehead atoms. The third-order valence-corrected chi connectivity index (χ3v) is 3.88. The van der Waals surface area contributed by atoms with E-state index in [1.807, 2.05) is 12.1 Å². The van der Waals surface area contributed by atoms with E-state index in [0.717, 1.165) is 49.4 Å². The Hall–Kier alpha value is -2.01. The predicted octanol–water partition coefficient (Wildman–Crippen LogP) is 1.28. The molecule has 0 unspecified atom stereocenters. The highest BCUT2D eigenvalue weighted by molar-refractivity contribution is 5.86. The second kappa shape index (κ2) is 3.74. The molecular formula is C14H13N3O2. The molecule has 0 radical (unpaired) electrons. The van der Waals surface area contributed by atoms with Crippen LogP contribution < -0.4 is 4.90 Å². The van der Waals surface area contributed by atoms with Crippen LogP contribution >= 0.6 is 0 Å². The number of rotatable bonds is 2. The standard InChI is InChI=1S/C14H13N3O2/c18-5-10-1-2-12-11(3-10)4-15-13(16-12)17-6-14(7-17)8-19-9-14/h1-5H,6-9H2. The summed E-state index contributed by atoms with van der Waals surface area (Å²) < 4.78 is 5.26. The van der Waals surface area contributed by atoms with E-state index in [1.54, 1.807) is 12.3 Å². The molecule has 2 aliphatic rings. The van der Waals surface area contributed by atoms with Gasteiger partial charge in [0.25, 0.3) is 0 Å². The second-order valence-electron chi connectivity index (χ2n) is 5.45. The molecule has 2 aromatic rings. The largest absolute Gasteiger partial charge is 0.380 e. The second-order valence-corrected chi connectivity index (χ2v) is 5.45. The maximum atomic E-state index is 10.7. The van der Waals surface area contributed by atoms with Gasteiger partial charge in [-0.05, 0) is 18.2 Å². The fourth-order valence-corrected chi connectivity index (χ4v) is 2.75. The predicted molar refractivity (Wildman–Crippen MR) is 70.4 cm³/mol. The lowest BCUT2D eigenvalue weighted by atomic mass is 9.78. The van der Waals surface area contributed by atoms with Crippen LogP contribution in [-0.2, 0) is 4.74 Å². The van der Waals surface area contributed by atoms with Gasteiger partial charge in [0.15, 0.2) is 0 Å². The molecule has 1 spiro atoms. The molecule has 5 heteroatoms. The first-order valence-electron chi connectivity index (χ1n) is 6.33. The number of fused-ring (bicyclic) bond motifs is 1. The van der Waals surface area contributed by atoms with Gasteiger partial charge in [-0.15, -0.1) is 0 Å². The van der Waals surface area contributed by atoms with Crippen molar-refractivity contribution in [3.05, 3.63) is 30.0 Å². The summed E-state index contributed by atoms with van der Waals surface area (Å²) in [7, 11) is 0. The van der Waals surface area contributed by atoms with Gasteiger partial charge in [-0.3, -0.25) is 4.79 Å². The zero-order valence-corrected chi connectivity index (χ0v) is 10.4. The number of carbonyl (C=O) groups is 1. The number of ether oxygens (including phenoxy) is 1. The molecule has 5 nitrogen and oxygen atoms in total. The minimum absolute atomic E-state index is 0.361. The lowest BCUT2D eigenvalue weighted by Crippen LogP contribution is -2.66. The molecule has 0 atom stereocenters. The van der Waals surface area contributed by atoms with Crippen LogP contribution in [-0.4, -0.2) is 42.6 Å². The molecule has 1 aromatic carbocycles. The van der Waals surface area contributed by atoms with Crippen LogP contribution in [0.5, 0.6) is 0 Å². The third kappa shape index (κ3) is 1.62. The summed E-state index contributed by atoms with van der Waals surface area (Å²) in [4.78, 5) is 21.8. The van der Waals surface area contributed by atoms with E-state index in [1.165, 1.54) is 0 Å². The van der Waals surface area contributed by atoms with Crippen molar-refractivity contribution in [1.29, 1.82) is 0 Å². The van der Waals surface area contributed by atoms with Gasteiger partial charge in [-0.1, -0.05) is 0 Å². The maximum Gasteiger partial charge on any atom is 0.225 e. The fraction of sp³-hybridized carbons (Fsp3) is 0.357. The average Bonchev–Trinajstić information content (AvgIpc) is 2.34. The number of carbonyl (C=O) groups excluding carboxylic acids is 1. The van der Waals surface area contributed by atoms with Crippen LogP contribution in [0, 0.1) is 5.41 Å². The van der Waals surface area contributed by atoms with Crippen LogP contribution in [0.2, 0.25) is 0 Å². The average molecular weight is 255 g/mol. The van der Waals surface area contributed by atoms with Gasteiger partial charge in [0.1, 0.15) is 6.29 Å². The zero-order chi connectivity index (χ0) is 12.9. The molecule has 2 aliphatic heterocycles. The Morgan fingerprint density at radius 1 is 1.32 bits per heavy atom. The summed E-state index contributed by atoms with van der Waals surface area (Å²) in [5.74, 6) is 0.767. The minimum atomic E-state index is 0.361. The highest BCUT2D eigenvalue weighted by atomic mass is 16.5. The number of hydrogen-bond acceptors (Lipinski definition) is 5.